The highest BCUT2D eigenvalue weighted by Crippen LogP contribution is 2.06. The second-order valence-electron chi connectivity index (χ2n) is 3.40. The van der Waals surface area contributed by atoms with Crippen molar-refractivity contribution in [1.29, 1.82) is 0 Å². The molecule has 1 N–H and O–H groups in total. The maximum Gasteiger partial charge on any atom is 0.138 e. The van der Waals surface area contributed by atoms with Crippen molar-refractivity contribution in [2.45, 2.75) is 13.3 Å². The van der Waals surface area contributed by atoms with Crippen molar-refractivity contribution in [3.05, 3.63) is 36.7 Å². The molecule has 3 heteroatoms. The second kappa shape index (κ2) is 7.01. The number of rotatable bonds is 7. The molecule has 1 aromatic heterocycles. The number of nitrogens with one attached hydrogen (secondary N) is 1. The number of hydrogen-bond acceptors (Lipinski definition) is 3. The zero-order valence-electron chi connectivity index (χ0n) is 9.20. The van der Waals surface area contributed by atoms with E-state index < -0.39 is 0 Å². The molecule has 1 rings (SSSR count). The number of aromatic nitrogens is 1. The molecule has 0 amide bonds. The van der Waals surface area contributed by atoms with Gasteiger partial charge in [0, 0.05) is 12.7 Å². The van der Waals surface area contributed by atoms with E-state index in [1.807, 2.05) is 12.1 Å². The van der Waals surface area contributed by atoms with Gasteiger partial charge >= 0.3 is 0 Å². The molecule has 1 heterocycles. The normalized spacial score (nSPS) is 9.93. The molecule has 0 aliphatic rings. The molecule has 0 aromatic carbocycles. The fourth-order valence-corrected chi connectivity index (χ4v) is 1.11. The van der Waals surface area contributed by atoms with Crippen molar-refractivity contribution in [3.8, 4) is 5.75 Å². The van der Waals surface area contributed by atoms with Crippen molar-refractivity contribution >= 4 is 0 Å². The average Bonchev–Trinajstić information content (AvgIpc) is 2.28. The Morgan fingerprint density at radius 3 is 3.13 bits per heavy atom. The highest BCUT2D eigenvalue weighted by molar-refractivity contribution is 5.16. The van der Waals surface area contributed by atoms with Gasteiger partial charge in [-0.3, -0.25) is 4.98 Å². The molecular weight excluding hydrogens is 188 g/mol. The molecule has 1 aromatic rings. The van der Waals surface area contributed by atoms with Gasteiger partial charge in [-0.2, -0.15) is 0 Å². The fraction of sp³-hybridized carbons (Fsp3) is 0.417. The summed E-state index contributed by atoms with van der Waals surface area (Å²) in [6.07, 6.45) is 4.56. The number of nitrogens with zero attached hydrogens (tertiary/aromatic N) is 1. The van der Waals surface area contributed by atoms with Crippen molar-refractivity contribution in [2.24, 2.45) is 0 Å². The predicted octanol–water partition coefficient (Wildman–Crippen LogP) is 2.02. The van der Waals surface area contributed by atoms with E-state index >= 15 is 0 Å². The minimum absolute atomic E-state index is 0.544. The van der Waals surface area contributed by atoms with Crippen LogP contribution in [0.5, 0.6) is 5.75 Å². The van der Waals surface area contributed by atoms with Gasteiger partial charge in [-0.1, -0.05) is 13.5 Å². The van der Waals surface area contributed by atoms with Crippen molar-refractivity contribution in [1.82, 2.24) is 10.3 Å². The Morgan fingerprint density at radius 1 is 1.60 bits per heavy atom. The van der Waals surface area contributed by atoms with Crippen LogP contribution in [0.3, 0.4) is 0 Å². The first kappa shape index (κ1) is 11.7. The molecule has 0 fully saturated rings. The lowest BCUT2D eigenvalue weighted by atomic mass is 10.3. The Labute approximate surface area is 91.2 Å². The van der Waals surface area contributed by atoms with Crippen LogP contribution in [0.25, 0.3) is 0 Å². The molecule has 3 nitrogen and oxygen atoms in total. The molecule has 15 heavy (non-hydrogen) atoms. The third kappa shape index (κ3) is 5.18. The predicted molar refractivity (Wildman–Crippen MR) is 62.0 cm³/mol. The summed E-state index contributed by atoms with van der Waals surface area (Å²) in [6, 6.07) is 3.74. The molecule has 0 radical (unpaired) electrons. The summed E-state index contributed by atoms with van der Waals surface area (Å²) < 4.78 is 5.50. The van der Waals surface area contributed by atoms with Crippen LogP contribution in [0, 0.1) is 0 Å². The van der Waals surface area contributed by atoms with Crippen LogP contribution >= 0.6 is 0 Å². The van der Waals surface area contributed by atoms with Gasteiger partial charge in [0.2, 0.25) is 0 Å². The average molecular weight is 206 g/mol. The maximum absolute atomic E-state index is 5.50. The summed E-state index contributed by atoms with van der Waals surface area (Å²) in [5.74, 6) is 0.786. The van der Waals surface area contributed by atoms with Crippen LogP contribution < -0.4 is 10.1 Å². The minimum Gasteiger partial charge on any atom is -0.488 e. The van der Waals surface area contributed by atoms with Crippen LogP contribution in [0.15, 0.2) is 36.7 Å². The van der Waals surface area contributed by atoms with Gasteiger partial charge in [0.25, 0.3) is 0 Å². The van der Waals surface area contributed by atoms with E-state index in [0.717, 1.165) is 30.8 Å². The Bertz CT molecular complexity index is 285. The van der Waals surface area contributed by atoms with Crippen LogP contribution in [0.4, 0.5) is 0 Å². The molecule has 0 spiro atoms. The van der Waals surface area contributed by atoms with Crippen LogP contribution in [0.2, 0.25) is 0 Å². The van der Waals surface area contributed by atoms with Crippen molar-refractivity contribution < 1.29 is 4.74 Å². The molecular formula is C12H18N2O. The topological polar surface area (TPSA) is 34.1 Å². The highest BCUT2D eigenvalue weighted by atomic mass is 16.5. The molecule has 0 unspecified atom stereocenters. The number of pyridine rings is 1. The first-order valence-electron chi connectivity index (χ1n) is 5.23. The van der Waals surface area contributed by atoms with Gasteiger partial charge in [-0.05, 0) is 30.7 Å². The molecule has 0 atom stereocenters. The second-order valence-corrected chi connectivity index (χ2v) is 3.40. The third-order valence-electron chi connectivity index (χ3n) is 1.88. The van der Waals surface area contributed by atoms with Gasteiger partial charge < -0.3 is 10.1 Å². The van der Waals surface area contributed by atoms with Crippen LogP contribution in [0.1, 0.15) is 13.3 Å². The summed E-state index contributed by atoms with van der Waals surface area (Å²) in [5.41, 5.74) is 1.05. The van der Waals surface area contributed by atoms with Crippen molar-refractivity contribution in [3.63, 3.8) is 0 Å². The summed E-state index contributed by atoms with van der Waals surface area (Å²) in [6.45, 7) is 8.45. The van der Waals surface area contributed by atoms with E-state index in [1.54, 1.807) is 12.4 Å². The minimum atomic E-state index is 0.544. The summed E-state index contributed by atoms with van der Waals surface area (Å²) in [5, 5.41) is 3.28. The van der Waals surface area contributed by atoms with E-state index in [0.29, 0.717) is 6.61 Å². The first-order chi connectivity index (χ1) is 7.33. The quantitative estimate of drug-likeness (QED) is 0.547. The first-order valence-corrected chi connectivity index (χ1v) is 5.23. The molecule has 0 bridgehead atoms. The Balaban J connectivity index is 2.17. The van der Waals surface area contributed by atoms with E-state index in [4.69, 9.17) is 4.74 Å². The zero-order valence-corrected chi connectivity index (χ0v) is 9.20. The van der Waals surface area contributed by atoms with Crippen LogP contribution in [-0.2, 0) is 0 Å². The van der Waals surface area contributed by atoms with E-state index in [2.05, 4.69) is 23.8 Å². The lowest BCUT2D eigenvalue weighted by Crippen LogP contribution is -2.20. The lowest BCUT2D eigenvalue weighted by molar-refractivity contribution is 0.347. The summed E-state index contributed by atoms with van der Waals surface area (Å²) in [4.78, 5) is 3.97. The number of hydrogen-bond donors (Lipinski definition) is 1. The molecule has 0 saturated heterocycles. The largest absolute Gasteiger partial charge is 0.488 e. The Hall–Kier alpha value is -1.35. The standard InChI is InChI=1S/C12H18N2O/c1-3-6-13-8-11(2)10-15-12-5-4-7-14-9-12/h4-5,7,9,13H,2-3,6,8,10H2,1H3. The lowest BCUT2D eigenvalue weighted by Gasteiger charge is -2.08. The summed E-state index contributed by atoms with van der Waals surface area (Å²) >= 11 is 0. The van der Waals surface area contributed by atoms with E-state index in [9.17, 15) is 0 Å². The van der Waals surface area contributed by atoms with Gasteiger partial charge in [0.05, 0.1) is 6.20 Å². The highest BCUT2D eigenvalue weighted by Gasteiger charge is 1.96. The van der Waals surface area contributed by atoms with Gasteiger partial charge in [0.1, 0.15) is 12.4 Å². The fourth-order valence-electron chi connectivity index (χ4n) is 1.11. The SMILES string of the molecule is C=C(CNCCC)COc1cccnc1. The maximum atomic E-state index is 5.50. The van der Waals surface area contributed by atoms with Gasteiger partial charge in [-0.15, -0.1) is 0 Å². The smallest absolute Gasteiger partial charge is 0.138 e. The Kier molecular flexibility index (Phi) is 5.48. The Morgan fingerprint density at radius 2 is 2.47 bits per heavy atom. The van der Waals surface area contributed by atoms with Gasteiger partial charge in [0.15, 0.2) is 0 Å². The molecule has 0 aliphatic heterocycles. The van der Waals surface area contributed by atoms with Crippen LogP contribution in [-0.4, -0.2) is 24.7 Å². The van der Waals surface area contributed by atoms with E-state index in [1.165, 1.54) is 0 Å². The molecule has 82 valence electrons. The third-order valence-corrected chi connectivity index (χ3v) is 1.88. The van der Waals surface area contributed by atoms with Crippen molar-refractivity contribution in [2.75, 3.05) is 19.7 Å². The molecule has 0 aliphatic carbocycles. The zero-order chi connectivity index (χ0) is 10.9. The monoisotopic (exact) mass is 206 g/mol. The van der Waals surface area contributed by atoms with E-state index in [-0.39, 0.29) is 0 Å². The number of ether oxygens (including phenoxy) is 1. The van der Waals surface area contributed by atoms with Gasteiger partial charge in [-0.25, -0.2) is 0 Å². The summed E-state index contributed by atoms with van der Waals surface area (Å²) in [7, 11) is 0. The molecule has 0 saturated carbocycles.